The zero-order chi connectivity index (χ0) is 16.7. The fourth-order valence-electron chi connectivity index (χ4n) is 2.41. The first-order chi connectivity index (χ1) is 11.7. The van der Waals surface area contributed by atoms with Crippen LogP contribution < -0.4 is 10.5 Å². The topological polar surface area (TPSA) is 112 Å². The minimum absolute atomic E-state index is 0.0536. The van der Waals surface area contributed by atoms with Gasteiger partial charge < -0.3 is 20.0 Å². The lowest BCUT2D eigenvalue weighted by Crippen LogP contribution is -2.03. The first-order valence-electron chi connectivity index (χ1n) is 7.10. The number of phenols is 1. The lowest BCUT2D eigenvalue weighted by atomic mass is 10.1. The van der Waals surface area contributed by atoms with Gasteiger partial charge in [-0.1, -0.05) is 0 Å². The summed E-state index contributed by atoms with van der Waals surface area (Å²) in [6.45, 7) is 0. The average Bonchev–Trinajstić information content (AvgIpc) is 3.24. The molecule has 0 aliphatic rings. The first-order valence-corrected chi connectivity index (χ1v) is 7.10. The second-order valence-electron chi connectivity index (χ2n) is 5.07. The van der Waals surface area contributed by atoms with Gasteiger partial charge in [0.25, 0.3) is 0 Å². The Morgan fingerprint density at radius 1 is 1.21 bits per heavy atom. The van der Waals surface area contributed by atoms with E-state index < -0.39 is 0 Å². The van der Waals surface area contributed by atoms with Gasteiger partial charge >= 0.3 is 0 Å². The van der Waals surface area contributed by atoms with Crippen molar-refractivity contribution in [1.29, 1.82) is 0 Å². The highest BCUT2D eigenvalue weighted by atomic mass is 16.5. The summed E-state index contributed by atoms with van der Waals surface area (Å²) in [5, 5.41) is 14.0. The van der Waals surface area contributed by atoms with Crippen molar-refractivity contribution in [3.63, 3.8) is 0 Å². The molecule has 0 amide bonds. The maximum Gasteiger partial charge on any atom is 0.223 e. The molecule has 0 aliphatic carbocycles. The van der Waals surface area contributed by atoms with Crippen molar-refractivity contribution in [2.75, 3.05) is 12.8 Å². The van der Waals surface area contributed by atoms with Gasteiger partial charge in [-0.2, -0.15) is 4.52 Å². The van der Waals surface area contributed by atoms with Crippen molar-refractivity contribution in [2.24, 2.45) is 0 Å². The lowest BCUT2D eigenvalue weighted by Gasteiger charge is -2.07. The summed E-state index contributed by atoms with van der Waals surface area (Å²) in [5.41, 5.74) is 7.87. The van der Waals surface area contributed by atoms with E-state index in [0.717, 1.165) is 5.56 Å². The Morgan fingerprint density at radius 2 is 2.08 bits per heavy atom. The number of aromatic hydroxyl groups is 1. The number of fused-ring (bicyclic) bond motifs is 1. The van der Waals surface area contributed by atoms with Gasteiger partial charge in [-0.3, -0.25) is 0 Å². The van der Waals surface area contributed by atoms with Crippen molar-refractivity contribution in [2.45, 2.75) is 0 Å². The minimum Gasteiger partial charge on any atom is -0.504 e. The van der Waals surface area contributed by atoms with Crippen LogP contribution in [0, 0.1) is 0 Å². The van der Waals surface area contributed by atoms with E-state index in [4.69, 9.17) is 14.9 Å². The van der Waals surface area contributed by atoms with Gasteiger partial charge in [0.2, 0.25) is 11.8 Å². The molecule has 3 aromatic heterocycles. The first kappa shape index (κ1) is 14.1. The summed E-state index contributed by atoms with van der Waals surface area (Å²) in [6, 6.07) is 10.2. The number of phenolic OH excluding ortho intramolecular Hbond substituents is 1. The Hall–Kier alpha value is -3.55. The quantitative estimate of drug-likeness (QED) is 0.595. The number of methoxy groups -OCH3 is 1. The normalized spacial score (nSPS) is 11.0. The maximum atomic E-state index is 9.71. The van der Waals surface area contributed by atoms with Gasteiger partial charge in [0.05, 0.1) is 19.1 Å². The van der Waals surface area contributed by atoms with Crippen LogP contribution in [0.5, 0.6) is 11.5 Å². The molecular formula is C16H13N5O3. The van der Waals surface area contributed by atoms with E-state index in [-0.39, 0.29) is 11.7 Å². The number of furan rings is 1. The molecule has 1 aromatic carbocycles. The molecule has 24 heavy (non-hydrogen) atoms. The Kier molecular flexibility index (Phi) is 3.09. The van der Waals surface area contributed by atoms with E-state index in [9.17, 15) is 5.11 Å². The molecule has 3 N–H and O–H groups in total. The molecular weight excluding hydrogens is 310 g/mol. The number of rotatable bonds is 3. The Bertz CT molecular complexity index is 1020. The third kappa shape index (κ3) is 2.21. The zero-order valence-electron chi connectivity index (χ0n) is 12.7. The van der Waals surface area contributed by atoms with E-state index in [2.05, 4.69) is 15.1 Å². The number of hydrogen-bond donors (Lipinski definition) is 2. The smallest absolute Gasteiger partial charge is 0.223 e. The SMILES string of the molecule is COc1cc(-c2cc3nc(-c4ccco4)nn3c(N)n2)ccc1O. The molecule has 120 valence electrons. The predicted octanol–water partition coefficient (Wildman–Crippen LogP) is 2.35. The van der Waals surface area contributed by atoms with Crippen LogP contribution in [0.3, 0.4) is 0 Å². The highest BCUT2D eigenvalue weighted by molar-refractivity contribution is 5.69. The summed E-state index contributed by atoms with van der Waals surface area (Å²) in [6.07, 6.45) is 1.55. The van der Waals surface area contributed by atoms with Crippen molar-refractivity contribution in [1.82, 2.24) is 19.6 Å². The summed E-state index contributed by atoms with van der Waals surface area (Å²) in [7, 11) is 1.48. The fourth-order valence-corrected chi connectivity index (χ4v) is 2.41. The highest BCUT2D eigenvalue weighted by Gasteiger charge is 2.14. The molecule has 0 aliphatic heterocycles. The van der Waals surface area contributed by atoms with E-state index in [1.807, 2.05) is 0 Å². The zero-order valence-corrected chi connectivity index (χ0v) is 12.7. The van der Waals surface area contributed by atoms with Crippen LogP contribution >= 0.6 is 0 Å². The van der Waals surface area contributed by atoms with Gasteiger partial charge in [0.1, 0.15) is 0 Å². The molecule has 0 saturated carbocycles. The number of nitrogen functional groups attached to an aromatic ring is 1. The summed E-state index contributed by atoms with van der Waals surface area (Å²) in [4.78, 5) is 8.76. The van der Waals surface area contributed by atoms with Crippen molar-refractivity contribution >= 4 is 11.6 Å². The molecule has 8 nitrogen and oxygen atoms in total. The Labute approximate surface area is 136 Å². The number of nitrogens with zero attached hydrogens (tertiary/aromatic N) is 4. The molecule has 4 aromatic rings. The highest BCUT2D eigenvalue weighted by Crippen LogP contribution is 2.31. The fraction of sp³-hybridized carbons (Fsp3) is 0.0625. The molecule has 0 fully saturated rings. The number of anilines is 1. The molecule has 0 unspecified atom stereocenters. The third-order valence-corrected chi connectivity index (χ3v) is 3.57. The number of aromatic nitrogens is 4. The molecule has 4 rings (SSSR count). The molecule has 0 atom stereocenters. The summed E-state index contributed by atoms with van der Waals surface area (Å²) >= 11 is 0. The van der Waals surface area contributed by atoms with Crippen LogP contribution in [0.2, 0.25) is 0 Å². The van der Waals surface area contributed by atoms with Crippen molar-refractivity contribution in [3.05, 3.63) is 42.7 Å². The Morgan fingerprint density at radius 3 is 2.83 bits per heavy atom. The van der Waals surface area contributed by atoms with Gasteiger partial charge in [-0.15, -0.1) is 5.10 Å². The lowest BCUT2D eigenvalue weighted by molar-refractivity contribution is 0.373. The van der Waals surface area contributed by atoms with Gasteiger partial charge in [0.15, 0.2) is 22.9 Å². The molecule has 0 radical (unpaired) electrons. The molecule has 0 saturated heterocycles. The third-order valence-electron chi connectivity index (χ3n) is 3.57. The molecule has 3 heterocycles. The maximum absolute atomic E-state index is 9.71. The van der Waals surface area contributed by atoms with Crippen LogP contribution in [-0.2, 0) is 0 Å². The van der Waals surface area contributed by atoms with Crippen LogP contribution in [0.15, 0.2) is 47.1 Å². The molecule has 8 heteroatoms. The van der Waals surface area contributed by atoms with Gasteiger partial charge in [0, 0.05) is 11.6 Å². The second kappa shape index (κ2) is 5.27. The number of ether oxygens (including phenoxy) is 1. The van der Waals surface area contributed by atoms with Crippen LogP contribution in [0.4, 0.5) is 5.95 Å². The second-order valence-corrected chi connectivity index (χ2v) is 5.07. The van der Waals surface area contributed by atoms with E-state index in [1.165, 1.54) is 17.7 Å². The average molecular weight is 323 g/mol. The van der Waals surface area contributed by atoms with E-state index in [1.54, 1.807) is 36.6 Å². The van der Waals surface area contributed by atoms with Gasteiger partial charge in [-0.05, 0) is 30.3 Å². The van der Waals surface area contributed by atoms with Crippen molar-refractivity contribution in [3.8, 4) is 34.3 Å². The van der Waals surface area contributed by atoms with Crippen LogP contribution in [0.1, 0.15) is 0 Å². The predicted molar refractivity (Wildman–Crippen MR) is 86.5 cm³/mol. The number of nitrogens with two attached hydrogens (primary N) is 1. The monoisotopic (exact) mass is 323 g/mol. The van der Waals surface area contributed by atoms with E-state index >= 15 is 0 Å². The van der Waals surface area contributed by atoms with E-state index in [0.29, 0.717) is 28.7 Å². The standard InChI is InChI=1S/C16H13N5O3/c1-23-13-7-9(4-5-11(13)22)10-8-14-19-15(12-3-2-6-24-12)20-21(14)16(17)18-10/h2-8,22H,1H3,(H2,17,18). The Balaban J connectivity index is 1.85. The van der Waals surface area contributed by atoms with Crippen molar-refractivity contribution < 1.29 is 14.3 Å². The van der Waals surface area contributed by atoms with Crippen LogP contribution in [-0.4, -0.2) is 31.8 Å². The summed E-state index contributed by atoms with van der Waals surface area (Å²) < 4.78 is 11.9. The summed E-state index contributed by atoms with van der Waals surface area (Å²) in [5.74, 6) is 1.57. The number of benzene rings is 1. The molecule has 0 bridgehead atoms. The largest absolute Gasteiger partial charge is 0.504 e. The molecule has 0 spiro atoms. The minimum atomic E-state index is 0.0536. The number of hydrogen-bond acceptors (Lipinski definition) is 7. The van der Waals surface area contributed by atoms with Crippen LogP contribution in [0.25, 0.3) is 28.5 Å². The van der Waals surface area contributed by atoms with Gasteiger partial charge in [-0.25, -0.2) is 9.97 Å².